The first-order valence-corrected chi connectivity index (χ1v) is 6.22. The monoisotopic (exact) mass is 245 g/mol. The first-order valence-electron chi connectivity index (χ1n) is 6.22. The van der Waals surface area contributed by atoms with Crippen molar-refractivity contribution in [1.29, 1.82) is 5.41 Å². The molecule has 0 saturated carbocycles. The Labute approximate surface area is 108 Å². The molecule has 0 aliphatic carbocycles. The number of nitrogens with zero attached hydrogens (tertiary/aromatic N) is 1. The third-order valence-electron chi connectivity index (χ3n) is 3.13. The van der Waals surface area contributed by atoms with Gasteiger partial charge in [-0.1, -0.05) is 38.1 Å². The van der Waals surface area contributed by atoms with Crippen LogP contribution in [0, 0.1) is 18.3 Å². The molecule has 1 aliphatic rings. The van der Waals surface area contributed by atoms with Crippen molar-refractivity contribution in [3.8, 4) is 0 Å². The summed E-state index contributed by atoms with van der Waals surface area (Å²) >= 11 is 0. The van der Waals surface area contributed by atoms with Gasteiger partial charge < -0.3 is 4.90 Å². The predicted molar refractivity (Wildman–Crippen MR) is 71.7 cm³/mol. The summed E-state index contributed by atoms with van der Waals surface area (Å²) in [5.41, 5.74) is 2.14. The lowest BCUT2D eigenvalue weighted by molar-refractivity contribution is 0.198. The highest BCUT2D eigenvalue weighted by atomic mass is 16.2. The highest BCUT2D eigenvalue weighted by Gasteiger charge is 2.37. The van der Waals surface area contributed by atoms with Gasteiger partial charge in [-0.25, -0.2) is 4.79 Å². The molecule has 1 aliphatic heterocycles. The van der Waals surface area contributed by atoms with Gasteiger partial charge in [0.1, 0.15) is 11.9 Å². The minimum absolute atomic E-state index is 0.165. The normalized spacial score (nSPS) is 19.6. The smallest absolute Gasteiger partial charge is 0.310 e. The second-order valence-corrected chi connectivity index (χ2v) is 5.15. The molecule has 0 radical (unpaired) electrons. The van der Waals surface area contributed by atoms with Crippen LogP contribution in [0.4, 0.5) is 4.79 Å². The summed E-state index contributed by atoms with van der Waals surface area (Å²) in [6, 6.07) is 7.50. The van der Waals surface area contributed by atoms with Crippen LogP contribution in [0.25, 0.3) is 0 Å². The van der Waals surface area contributed by atoms with Gasteiger partial charge in [0.15, 0.2) is 0 Å². The van der Waals surface area contributed by atoms with Crippen LogP contribution < -0.4 is 5.32 Å². The molecule has 2 rings (SSSR count). The van der Waals surface area contributed by atoms with E-state index in [2.05, 4.69) is 19.2 Å². The number of hydrogen-bond donors (Lipinski definition) is 2. The molecule has 2 N–H and O–H groups in total. The van der Waals surface area contributed by atoms with E-state index in [0.29, 0.717) is 12.5 Å². The second-order valence-electron chi connectivity index (χ2n) is 5.15. The van der Waals surface area contributed by atoms with E-state index < -0.39 is 0 Å². The van der Waals surface area contributed by atoms with Gasteiger partial charge in [0, 0.05) is 6.54 Å². The molecule has 1 aromatic carbocycles. The van der Waals surface area contributed by atoms with Gasteiger partial charge in [-0.2, -0.15) is 0 Å². The first-order chi connectivity index (χ1) is 8.50. The number of rotatable bonds is 3. The largest absolute Gasteiger partial charge is 0.323 e. The second kappa shape index (κ2) is 4.80. The molecule has 1 heterocycles. The summed E-state index contributed by atoms with van der Waals surface area (Å²) in [6.45, 7) is 6.82. The molecule has 4 heteroatoms. The van der Waals surface area contributed by atoms with E-state index in [-0.39, 0.29) is 17.9 Å². The Morgan fingerprint density at radius 3 is 2.67 bits per heavy atom. The van der Waals surface area contributed by atoms with Gasteiger partial charge in [-0.15, -0.1) is 0 Å². The molecule has 1 atom stereocenters. The highest BCUT2D eigenvalue weighted by molar-refractivity contribution is 6.06. The average Bonchev–Trinajstić information content (AvgIpc) is 2.55. The number of hydrogen-bond acceptors (Lipinski definition) is 2. The number of aryl methyl sites for hydroxylation is 1. The van der Waals surface area contributed by atoms with Crippen molar-refractivity contribution in [2.75, 3.05) is 6.54 Å². The maximum absolute atomic E-state index is 11.9. The zero-order chi connectivity index (χ0) is 13.3. The van der Waals surface area contributed by atoms with E-state index in [0.717, 1.165) is 11.1 Å². The summed E-state index contributed by atoms with van der Waals surface area (Å²) in [5, 5.41) is 10.6. The van der Waals surface area contributed by atoms with Gasteiger partial charge in [-0.05, 0) is 24.0 Å². The standard InChI is InChI=1S/C14H19N3O/c1-9(2)8-17-12(13(15)16-14(17)18)11-7-5-4-6-10(11)3/h4-7,9,12H,8H2,1-3H3,(H2,15,16,18). The fraction of sp³-hybridized carbons (Fsp3) is 0.429. The molecular formula is C14H19N3O. The zero-order valence-electron chi connectivity index (χ0n) is 11.0. The summed E-state index contributed by atoms with van der Waals surface area (Å²) in [5.74, 6) is 0.656. The number of carbonyl (C=O) groups is 1. The SMILES string of the molecule is Cc1ccccc1C1C(=N)NC(=O)N1CC(C)C. The lowest BCUT2D eigenvalue weighted by Gasteiger charge is -2.25. The molecule has 0 spiro atoms. The van der Waals surface area contributed by atoms with Gasteiger partial charge in [0.25, 0.3) is 0 Å². The van der Waals surface area contributed by atoms with Crippen LogP contribution >= 0.6 is 0 Å². The number of nitrogens with one attached hydrogen (secondary N) is 2. The molecule has 1 saturated heterocycles. The van der Waals surface area contributed by atoms with Gasteiger partial charge in [0.05, 0.1) is 0 Å². The van der Waals surface area contributed by atoms with E-state index in [9.17, 15) is 4.79 Å². The van der Waals surface area contributed by atoms with Crippen LogP contribution in [0.5, 0.6) is 0 Å². The Morgan fingerprint density at radius 1 is 1.39 bits per heavy atom. The molecule has 96 valence electrons. The molecule has 1 unspecified atom stereocenters. The Balaban J connectivity index is 2.37. The molecule has 18 heavy (non-hydrogen) atoms. The topological polar surface area (TPSA) is 56.2 Å². The zero-order valence-corrected chi connectivity index (χ0v) is 11.0. The van der Waals surface area contributed by atoms with Crippen LogP contribution in [0.2, 0.25) is 0 Å². The first kappa shape index (κ1) is 12.6. The molecule has 0 aromatic heterocycles. The number of carbonyl (C=O) groups excluding carboxylic acids is 1. The quantitative estimate of drug-likeness (QED) is 0.845. The molecule has 1 aromatic rings. The van der Waals surface area contributed by atoms with Crippen molar-refractivity contribution in [1.82, 2.24) is 10.2 Å². The fourth-order valence-corrected chi connectivity index (χ4v) is 2.33. The van der Waals surface area contributed by atoms with Crippen LogP contribution in [0.1, 0.15) is 31.0 Å². The van der Waals surface area contributed by atoms with Crippen molar-refractivity contribution >= 4 is 11.9 Å². The average molecular weight is 245 g/mol. The van der Waals surface area contributed by atoms with Crippen molar-refractivity contribution in [2.45, 2.75) is 26.8 Å². The Morgan fingerprint density at radius 2 is 2.06 bits per heavy atom. The number of amidine groups is 1. The van der Waals surface area contributed by atoms with E-state index in [1.807, 2.05) is 31.2 Å². The lowest BCUT2D eigenvalue weighted by atomic mass is 9.99. The predicted octanol–water partition coefficient (Wildman–Crippen LogP) is 2.69. The molecule has 1 fully saturated rings. The molecule has 4 nitrogen and oxygen atoms in total. The maximum Gasteiger partial charge on any atom is 0.323 e. The number of amides is 2. The number of urea groups is 1. The van der Waals surface area contributed by atoms with E-state index in [1.54, 1.807) is 4.90 Å². The van der Waals surface area contributed by atoms with Crippen molar-refractivity contribution < 1.29 is 4.79 Å². The van der Waals surface area contributed by atoms with Gasteiger partial charge in [0.2, 0.25) is 0 Å². The fourth-order valence-electron chi connectivity index (χ4n) is 2.33. The molecular weight excluding hydrogens is 226 g/mol. The minimum Gasteiger partial charge on any atom is -0.310 e. The Kier molecular flexibility index (Phi) is 3.36. The van der Waals surface area contributed by atoms with Crippen molar-refractivity contribution in [3.63, 3.8) is 0 Å². The van der Waals surface area contributed by atoms with E-state index in [4.69, 9.17) is 5.41 Å². The minimum atomic E-state index is -0.263. The van der Waals surface area contributed by atoms with Crippen LogP contribution in [0.15, 0.2) is 24.3 Å². The third kappa shape index (κ3) is 2.23. The van der Waals surface area contributed by atoms with Gasteiger partial charge in [-0.3, -0.25) is 10.7 Å². The Bertz CT molecular complexity index is 482. The van der Waals surface area contributed by atoms with Crippen molar-refractivity contribution in [3.05, 3.63) is 35.4 Å². The van der Waals surface area contributed by atoms with Gasteiger partial charge >= 0.3 is 6.03 Å². The van der Waals surface area contributed by atoms with Crippen LogP contribution in [-0.2, 0) is 0 Å². The highest BCUT2D eigenvalue weighted by Crippen LogP contribution is 2.28. The van der Waals surface area contributed by atoms with E-state index >= 15 is 0 Å². The summed E-state index contributed by atoms with van der Waals surface area (Å²) < 4.78 is 0. The summed E-state index contributed by atoms with van der Waals surface area (Å²) in [7, 11) is 0. The van der Waals surface area contributed by atoms with Crippen molar-refractivity contribution in [2.24, 2.45) is 5.92 Å². The lowest BCUT2D eigenvalue weighted by Crippen LogP contribution is -2.33. The number of benzene rings is 1. The molecule has 2 amide bonds. The third-order valence-corrected chi connectivity index (χ3v) is 3.13. The van der Waals surface area contributed by atoms with Crippen LogP contribution in [-0.4, -0.2) is 23.3 Å². The molecule has 0 bridgehead atoms. The maximum atomic E-state index is 11.9. The van der Waals surface area contributed by atoms with Crippen LogP contribution in [0.3, 0.4) is 0 Å². The summed E-state index contributed by atoms with van der Waals surface area (Å²) in [6.07, 6.45) is 0. The van der Waals surface area contributed by atoms with E-state index in [1.165, 1.54) is 0 Å². The summed E-state index contributed by atoms with van der Waals surface area (Å²) in [4.78, 5) is 13.6. The Hall–Kier alpha value is -1.84.